The monoisotopic (exact) mass is 155 g/mol. The molecule has 3 atom stereocenters. The van der Waals surface area contributed by atoms with Crippen LogP contribution in [0.2, 0.25) is 0 Å². The largest absolute Gasteiger partial charge is 0.378 e. The number of ether oxygens (including phenoxy) is 1. The summed E-state index contributed by atoms with van der Waals surface area (Å²) in [5.74, 6) is 1.61. The van der Waals surface area contributed by atoms with Crippen molar-refractivity contribution in [1.82, 2.24) is 5.32 Å². The summed E-state index contributed by atoms with van der Waals surface area (Å²) < 4.78 is 5.67. The van der Waals surface area contributed by atoms with Crippen molar-refractivity contribution in [3.8, 4) is 0 Å². The molecule has 0 spiro atoms. The van der Waals surface area contributed by atoms with Crippen LogP contribution in [0.25, 0.3) is 0 Å². The first-order chi connectivity index (χ1) is 5.38. The predicted molar refractivity (Wildman–Crippen MR) is 44.5 cm³/mol. The van der Waals surface area contributed by atoms with E-state index < -0.39 is 0 Å². The molecule has 64 valence electrons. The summed E-state index contributed by atoms with van der Waals surface area (Å²) in [5.41, 5.74) is 0. The van der Waals surface area contributed by atoms with Crippen molar-refractivity contribution >= 4 is 0 Å². The first kappa shape index (κ1) is 7.56. The normalized spacial score (nSPS) is 45.0. The van der Waals surface area contributed by atoms with Gasteiger partial charge in [-0.3, -0.25) is 0 Å². The molecule has 2 aliphatic heterocycles. The summed E-state index contributed by atoms with van der Waals surface area (Å²) in [4.78, 5) is 0. The summed E-state index contributed by atoms with van der Waals surface area (Å²) in [6, 6.07) is 0. The molecule has 0 saturated carbocycles. The van der Waals surface area contributed by atoms with Gasteiger partial charge in [0.25, 0.3) is 0 Å². The van der Waals surface area contributed by atoms with Gasteiger partial charge in [-0.25, -0.2) is 0 Å². The average molecular weight is 155 g/mol. The Balaban J connectivity index is 1.92. The molecule has 0 aromatic rings. The molecule has 3 unspecified atom stereocenters. The Bertz CT molecular complexity index is 132. The lowest BCUT2D eigenvalue weighted by Crippen LogP contribution is -2.25. The third-order valence-electron chi connectivity index (χ3n) is 3.02. The second-order valence-electron chi connectivity index (χ2n) is 3.85. The Hall–Kier alpha value is -0.0800. The molecule has 0 aromatic heterocycles. The lowest BCUT2D eigenvalue weighted by atomic mass is 9.91. The number of hydrogen-bond donors (Lipinski definition) is 1. The van der Waals surface area contributed by atoms with Gasteiger partial charge in [-0.05, 0) is 25.3 Å². The molecule has 2 saturated heterocycles. The first-order valence-corrected chi connectivity index (χ1v) is 4.70. The molecule has 0 bridgehead atoms. The van der Waals surface area contributed by atoms with Gasteiger partial charge in [0.2, 0.25) is 0 Å². The van der Waals surface area contributed by atoms with Crippen LogP contribution in [-0.2, 0) is 4.74 Å². The zero-order valence-electron chi connectivity index (χ0n) is 7.18. The maximum Gasteiger partial charge on any atom is 0.0619 e. The zero-order chi connectivity index (χ0) is 7.68. The molecular weight excluding hydrogens is 138 g/mol. The molecule has 0 radical (unpaired) electrons. The fourth-order valence-electron chi connectivity index (χ4n) is 2.27. The average Bonchev–Trinajstić information content (AvgIpc) is 2.55. The van der Waals surface area contributed by atoms with E-state index in [1.54, 1.807) is 0 Å². The van der Waals surface area contributed by atoms with E-state index in [2.05, 4.69) is 12.2 Å². The van der Waals surface area contributed by atoms with Crippen LogP contribution in [0, 0.1) is 11.8 Å². The fraction of sp³-hybridized carbons (Fsp3) is 1.00. The van der Waals surface area contributed by atoms with E-state index in [1.165, 1.54) is 25.9 Å². The molecule has 0 amide bonds. The van der Waals surface area contributed by atoms with Gasteiger partial charge in [-0.2, -0.15) is 0 Å². The molecular formula is C9H17NO. The van der Waals surface area contributed by atoms with Gasteiger partial charge in [0.15, 0.2) is 0 Å². The Labute approximate surface area is 68.3 Å². The maximum atomic E-state index is 5.67. The van der Waals surface area contributed by atoms with Gasteiger partial charge in [-0.15, -0.1) is 0 Å². The highest BCUT2D eigenvalue weighted by Gasteiger charge is 2.33. The highest BCUT2D eigenvalue weighted by Crippen LogP contribution is 2.28. The highest BCUT2D eigenvalue weighted by atomic mass is 16.5. The Kier molecular flexibility index (Phi) is 2.14. The van der Waals surface area contributed by atoms with E-state index in [0.29, 0.717) is 6.10 Å². The molecule has 2 nitrogen and oxygen atoms in total. The quantitative estimate of drug-likeness (QED) is 0.610. The predicted octanol–water partition coefficient (Wildman–Crippen LogP) is 1.02. The molecule has 11 heavy (non-hydrogen) atoms. The summed E-state index contributed by atoms with van der Waals surface area (Å²) in [7, 11) is 0. The second-order valence-corrected chi connectivity index (χ2v) is 3.85. The minimum Gasteiger partial charge on any atom is -0.378 e. The standard InChI is InChI=1S/C9H17NO/c1-7-5-10-6-8(7)9-3-2-4-11-9/h7-10H,2-6H2,1H3. The van der Waals surface area contributed by atoms with Crippen molar-refractivity contribution in [3.05, 3.63) is 0 Å². The van der Waals surface area contributed by atoms with Crippen molar-refractivity contribution < 1.29 is 4.74 Å². The van der Waals surface area contributed by atoms with Crippen LogP contribution in [0.3, 0.4) is 0 Å². The Morgan fingerprint density at radius 1 is 1.36 bits per heavy atom. The summed E-state index contributed by atoms with van der Waals surface area (Å²) in [6.07, 6.45) is 3.13. The van der Waals surface area contributed by atoms with Crippen molar-refractivity contribution in [2.45, 2.75) is 25.9 Å². The van der Waals surface area contributed by atoms with Crippen LogP contribution < -0.4 is 5.32 Å². The van der Waals surface area contributed by atoms with Crippen LogP contribution in [-0.4, -0.2) is 25.8 Å². The van der Waals surface area contributed by atoms with Crippen molar-refractivity contribution in [2.24, 2.45) is 11.8 Å². The number of hydrogen-bond acceptors (Lipinski definition) is 2. The molecule has 0 aromatic carbocycles. The zero-order valence-corrected chi connectivity index (χ0v) is 7.18. The summed E-state index contributed by atoms with van der Waals surface area (Å²) in [6.45, 7) is 5.68. The fourth-order valence-corrected chi connectivity index (χ4v) is 2.27. The molecule has 0 aliphatic carbocycles. The lowest BCUT2D eigenvalue weighted by Gasteiger charge is -2.20. The van der Waals surface area contributed by atoms with E-state index >= 15 is 0 Å². The Morgan fingerprint density at radius 2 is 2.27 bits per heavy atom. The van der Waals surface area contributed by atoms with E-state index in [9.17, 15) is 0 Å². The van der Waals surface area contributed by atoms with Crippen molar-refractivity contribution in [1.29, 1.82) is 0 Å². The van der Waals surface area contributed by atoms with Crippen LogP contribution in [0.4, 0.5) is 0 Å². The van der Waals surface area contributed by atoms with Crippen LogP contribution in [0.1, 0.15) is 19.8 Å². The molecule has 2 heterocycles. The van der Waals surface area contributed by atoms with Gasteiger partial charge in [-0.1, -0.05) is 6.92 Å². The van der Waals surface area contributed by atoms with E-state index in [0.717, 1.165) is 18.4 Å². The maximum absolute atomic E-state index is 5.67. The Morgan fingerprint density at radius 3 is 2.82 bits per heavy atom. The van der Waals surface area contributed by atoms with Crippen LogP contribution >= 0.6 is 0 Å². The minimum atomic E-state index is 0.569. The van der Waals surface area contributed by atoms with Gasteiger partial charge >= 0.3 is 0 Å². The molecule has 2 rings (SSSR count). The highest BCUT2D eigenvalue weighted by molar-refractivity contribution is 4.85. The van der Waals surface area contributed by atoms with Gasteiger partial charge in [0.05, 0.1) is 6.10 Å². The first-order valence-electron chi connectivity index (χ1n) is 4.70. The summed E-state index contributed by atoms with van der Waals surface area (Å²) >= 11 is 0. The van der Waals surface area contributed by atoms with E-state index in [1.807, 2.05) is 0 Å². The van der Waals surface area contributed by atoms with E-state index in [-0.39, 0.29) is 0 Å². The summed E-state index contributed by atoms with van der Waals surface area (Å²) in [5, 5.41) is 3.42. The van der Waals surface area contributed by atoms with Crippen LogP contribution in [0.5, 0.6) is 0 Å². The number of rotatable bonds is 1. The minimum absolute atomic E-state index is 0.569. The topological polar surface area (TPSA) is 21.3 Å². The van der Waals surface area contributed by atoms with Gasteiger partial charge in [0, 0.05) is 19.1 Å². The third-order valence-corrected chi connectivity index (χ3v) is 3.02. The second kappa shape index (κ2) is 3.11. The molecule has 2 fully saturated rings. The van der Waals surface area contributed by atoms with Gasteiger partial charge in [0.1, 0.15) is 0 Å². The molecule has 2 aliphatic rings. The van der Waals surface area contributed by atoms with Crippen LogP contribution in [0.15, 0.2) is 0 Å². The van der Waals surface area contributed by atoms with Crippen molar-refractivity contribution in [2.75, 3.05) is 19.7 Å². The van der Waals surface area contributed by atoms with Crippen molar-refractivity contribution in [3.63, 3.8) is 0 Å². The smallest absolute Gasteiger partial charge is 0.0619 e. The van der Waals surface area contributed by atoms with E-state index in [4.69, 9.17) is 4.74 Å². The lowest BCUT2D eigenvalue weighted by molar-refractivity contribution is 0.0566. The SMILES string of the molecule is CC1CNCC1C1CCCO1. The number of nitrogens with one attached hydrogen (secondary N) is 1. The third kappa shape index (κ3) is 1.42. The molecule has 2 heteroatoms. The molecule has 1 N–H and O–H groups in total. The van der Waals surface area contributed by atoms with Gasteiger partial charge < -0.3 is 10.1 Å².